The van der Waals surface area contributed by atoms with Crippen molar-refractivity contribution in [2.24, 2.45) is 0 Å². The number of ether oxygens (including phenoxy) is 2. The summed E-state index contributed by atoms with van der Waals surface area (Å²) in [5, 5.41) is 0. The summed E-state index contributed by atoms with van der Waals surface area (Å²) in [6.07, 6.45) is 0.873. The van der Waals surface area contributed by atoms with E-state index in [0.29, 0.717) is 23.3 Å². The first-order valence-corrected chi connectivity index (χ1v) is 11.7. The van der Waals surface area contributed by atoms with E-state index in [1.165, 1.54) is 0 Å². The molecule has 0 saturated carbocycles. The predicted molar refractivity (Wildman–Crippen MR) is 130 cm³/mol. The lowest BCUT2D eigenvalue weighted by Gasteiger charge is -2.17. The molecule has 0 atom stereocenters. The number of nitrogens with two attached hydrogens (primary N) is 1. The van der Waals surface area contributed by atoms with Crippen LogP contribution in [0.1, 0.15) is 60.4 Å². The maximum Gasteiger partial charge on any atom is 0.340 e. The number of hydrogen-bond donors (Lipinski definition) is 2. The summed E-state index contributed by atoms with van der Waals surface area (Å²) in [6, 6.07) is 6.74. The summed E-state index contributed by atoms with van der Waals surface area (Å²) in [6.45, 7) is 11.2. The number of anilines is 1. The lowest BCUT2D eigenvalue weighted by Crippen LogP contribution is -2.28. The summed E-state index contributed by atoms with van der Waals surface area (Å²) in [7, 11) is 0. The molecule has 34 heavy (non-hydrogen) atoms. The van der Waals surface area contributed by atoms with Crippen molar-refractivity contribution >= 4 is 23.5 Å². The number of amides is 1. The van der Waals surface area contributed by atoms with Crippen LogP contribution in [0.4, 0.5) is 5.69 Å². The van der Waals surface area contributed by atoms with E-state index in [2.05, 4.69) is 24.2 Å². The van der Waals surface area contributed by atoms with E-state index >= 15 is 0 Å². The first kappa shape index (κ1) is 27.1. The highest BCUT2D eigenvalue weighted by Gasteiger charge is 2.30. The van der Waals surface area contributed by atoms with Crippen LogP contribution in [0.5, 0.6) is 0 Å². The highest BCUT2D eigenvalue weighted by Crippen LogP contribution is 2.39. The molecule has 0 aromatic heterocycles. The molecule has 1 amide bonds. The quantitative estimate of drug-likeness (QED) is 0.259. The van der Waals surface area contributed by atoms with Crippen LogP contribution >= 0.6 is 0 Å². The van der Waals surface area contributed by atoms with E-state index in [-0.39, 0.29) is 42.4 Å². The normalized spacial score (nSPS) is 11.0. The van der Waals surface area contributed by atoms with Crippen molar-refractivity contribution in [1.82, 2.24) is 10.4 Å². The molecule has 0 heterocycles. The molecule has 0 bridgehead atoms. The van der Waals surface area contributed by atoms with E-state index in [9.17, 15) is 14.4 Å². The fourth-order valence-electron chi connectivity index (χ4n) is 3.68. The van der Waals surface area contributed by atoms with Gasteiger partial charge < -0.3 is 20.1 Å². The van der Waals surface area contributed by atoms with Crippen molar-refractivity contribution in [2.45, 2.75) is 40.5 Å². The van der Waals surface area contributed by atoms with Crippen molar-refractivity contribution < 1.29 is 28.7 Å². The number of nitrogens with zero attached hydrogens (tertiary/aromatic N) is 1. The fraction of sp³-hybridized carbons (Fsp3) is 0.480. The third kappa shape index (κ3) is 6.91. The maximum absolute atomic E-state index is 12.6. The van der Waals surface area contributed by atoms with Gasteiger partial charge in [-0.25, -0.2) is 15.1 Å². The average molecular weight is 474 g/mol. The molecule has 2 aliphatic carbocycles. The number of fused-ring (bicyclic) bond motifs is 1. The minimum atomic E-state index is -0.621. The van der Waals surface area contributed by atoms with Gasteiger partial charge >= 0.3 is 11.9 Å². The molecule has 9 heteroatoms. The Morgan fingerprint density at radius 1 is 0.882 bits per heavy atom. The van der Waals surface area contributed by atoms with Gasteiger partial charge in [-0.2, -0.15) is 0 Å². The lowest BCUT2D eigenvalue weighted by molar-refractivity contribution is -0.133. The molecule has 186 valence electrons. The Bertz CT molecular complexity index is 902. The van der Waals surface area contributed by atoms with Gasteiger partial charge in [0.05, 0.1) is 43.1 Å². The van der Waals surface area contributed by atoms with Crippen LogP contribution < -0.4 is 11.2 Å². The zero-order chi connectivity index (χ0) is 25.1. The van der Waals surface area contributed by atoms with Crippen molar-refractivity contribution in [2.75, 3.05) is 45.2 Å². The Labute approximate surface area is 200 Å². The Hall–Kier alpha value is -3.17. The SMILES string of the molecule is CCOC(=O)c1c2ccc(CC(=O)NOCCCN(CC)CC)ccc-2c(C(=O)OCC)c1N. The summed E-state index contributed by atoms with van der Waals surface area (Å²) in [5.74, 6) is -1.54. The molecule has 2 aliphatic rings. The average Bonchev–Trinajstić information content (AvgIpc) is 2.94. The molecule has 0 aromatic carbocycles. The first-order chi connectivity index (χ1) is 16.4. The third-order valence-electron chi connectivity index (χ3n) is 5.42. The third-order valence-corrected chi connectivity index (χ3v) is 5.42. The van der Waals surface area contributed by atoms with Crippen LogP contribution in [0.2, 0.25) is 0 Å². The van der Waals surface area contributed by atoms with Gasteiger partial charge in [0.15, 0.2) is 0 Å². The van der Waals surface area contributed by atoms with Gasteiger partial charge in [0.2, 0.25) is 5.91 Å². The zero-order valence-corrected chi connectivity index (χ0v) is 20.4. The molecule has 2 rings (SSSR count). The van der Waals surface area contributed by atoms with Gasteiger partial charge in [-0.3, -0.25) is 9.63 Å². The van der Waals surface area contributed by atoms with Gasteiger partial charge in [0, 0.05) is 6.54 Å². The van der Waals surface area contributed by atoms with Gasteiger partial charge in [0.1, 0.15) is 0 Å². The summed E-state index contributed by atoms with van der Waals surface area (Å²) in [5.41, 5.74) is 10.5. The molecule has 0 spiro atoms. The molecule has 0 fully saturated rings. The molecule has 9 nitrogen and oxygen atoms in total. The van der Waals surface area contributed by atoms with Gasteiger partial charge in [-0.1, -0.05) is 38.1 Å². The van der Waals surface area contributed by atoms with E-state index in [0.717, 1.165) is 26.1 Å². The van der Waals surface area contributed by atoms with Crippen LogP contribution in [0.25, 0.3) is 11.1 Å². The molecule has 0 saturated heterocycles. The highest BCUT2D eigenvalue weighted by molar-refractivity contribution is 6.15. The second kappa shape index (κ2) is 13.5. The minimum absolute atomic E-state index is 0.0236. The minimum Gasteiger partial charge on any atom is -0.462 e. The second-order valence-electron chi connectivity index (χ2n) is 7.60. The number of hydroxylamine groups is 1. The van der Waals surface area contributed by atoms with Crippen molar-refractivity contribution in [1.29, 1.82) is 0 Å². The zero-order valence-electron chi connectivity index (χ0n) is 20.4. The Morgan fingerprint density at radius 2 is 1.41 bits per heavy atom. The summed E-state index contributed by atoms with van der Waals surface area (Å²) in [4.78, 5) is 45.0. The van der Waals surface area contributed by atoms with Crippen molar-refractivity contribution in [3.63, 3.8) is 0 Å². The number of carbonyl (C=O) groups excluding carboxylic acids is 3. The van der Waals surface area contributed by atoms with Gasteiger partial charge in [-0.05, 0) is 50.0 Å². The summed E-state index contributed by atoms with van der Waals surface area (Å²) >= 11 is 0. The molecule has 0 unspecified atom stereocenters. The van der Waals surface area contributed by atoms with E-state index in [1.807, 2.05) is 0 Å². The van der Waals surface area contributed by atoms with E-state index in [1.54, 1.807) is 38.1 Å². The number of esters is 2. The Balaban J connectivity index is 2.17. The molecule has 0 aliphatic heterocycles. The monoisotopic (exact) mass is 473 g/mol. The Morgan fingerprint density at radius 3 is 1.88 bits per heavy atom. The number of rotatable bonds is 13. The van der Waals surface area contributed by atoms with Crippen molar-refractivity contribution in [3.05, 3.63) is 41.0 Å². The molecular formula is C25H35N3O6. The number of nitrogen functional groups attached to an aromatic ring is 1. The summed E-state index contributed by atoms with van der Waals surface area (Å²) < 4.78 is 10.3. The topological polar surface area (TPSA) is 120 Å². The highest BCUT2D eigenvalue weighted by atomic mass is 16.6. The van der Waals surface area contributed by atoms with E-state index < -0.39 is 11.9 Å². The standard InChI is InChI=1S/C25H35N3O6/c1-5-28(6-2)14-9-15-34-27-20(29)16-17-10-12-18-19(13-11-17)22(25(31)33-8-4)23(26)21(18)24(30)32-7-3/h10-13H,5-9,14-16,26H2,1-4H3,(H,27,29). The van der Waals surface area contributed by atoms with E-state index in [4.69, 9.17) is 20.0 Å². The van der Waals surface area contributed by atoms with Crippen LogP contribution in [0.15, 0.2) is 24.3 Å². The molecule has 3 N–H and O–H groups in total. The number of nitrogens with one attached hydrogen (secondary N) is 1. The van der Waals surface area contributed by atoms with Crippen LogP contribution in [-0.2, 0) is 25.5 Å². The molecule has 0 aromatic rings. The largest absolute Gasteiger partial charge is 0.462 e. The van der Waals surface area contributed by atoms with Gasteiger partial charge in [-0.15, -0.1) is 0 Å². The Kier molecular flexibility index (Phi) is 10.8. The van der Waals surface area contributed by atoms with Crippen molar-refractivity contribution in [3.8, 4) is 11.1 Å². The molecule has 0 radical (unpaired) electrons. The second-order valence-corrected chi connectivity index (χ2v) is 7.60. The van der Waals surface area contributed by atoms with Crippen LogP contribution in [-0.4, -0.2) is 62.2 Å². The molecular weight excluding hydrogens is 438 g/mol. The number of hydrogen-bond acceptors (Lipinski definition) is 8. The smallest absolute Gasteiger partial charge is 0.340 e. The van der Waals surface area contributed by atoms with Crippen LogP contribution in [0.3, 0.4) is 0 Å². The predicted octanol–water partition coefficient (Wildman–Crippen LogP) is 3.05. The first-order valence-electron chi connectivity index (χ1n) is 11.7. The number of carbonyl (C=O) groups is 3. The maximum atomic E-state index is 12.6. The fourth-order valence-corrected chi connectivity index (χ4v) is 3.68. The lowest BCUT2D eigenvalue weighted by atomic mass is 10.1. The van der Waals surface area contributed by atoms with Crippen LogP contribution in [0, 0.1) is 0 Å². The van der Waals surface area contributed by atoms with Gasteiger partial charge in [0.25, 0.3) is 0 Å².